The van der Waals surface area contributed by atoms with E-state index in [1.54, 1.807) is 24.3 Å². The Labute approximate surface area is 166 Å². The molecule has 0 amide bonds. The van der Waals surface area contributed by atoms with E-state index in [9.17, 15) is 17.9 Å². The monoisotopic (exact) mass is 412 g/mol. The summed E-state index contributed by atoms with van der Waals surface area (Å²) in [6.45, 7) is 0.0854. The molecule has 148 valence electrons. The number of sulfone groups is 1. The van der Waals surface area contributed by atoms with Crippen molar-refractivity contribution in [3.8, 4) is 0 Å². The van der Waals surface area contributed by atoms with Crippen LogP contribution in [0.4, 0.5) is 10.3 Å². The lowest BCUT2D eigenvalue weighted by molar-refractivity contribution is 0.191. The van der Waals surface area contributed by atoms with Gasteiger partial charge in [-0.2, -0.15) is 0 Å². The van der Waals surface area contributed by atoms with Crippen molar-refractivity contribution >= 4 is 21.4 Å². The van der Waals surface area contributed by atoms with Gasteiger partial charge in [0.1, 0.15) is 5.82 Å². The maximum atomic E-state index is 13.0. The Balaban J connectivity index is 1.60. The maximum absolute atomic E-state index is 13.0. The molecule has 4 aromatic rings. The summed E-state index contributed by atoms with van der Waals surface area (Å²) in [5.41, 5.74) is 0.996. The molecule has 4 rings (SSSR count). The summed E-state index contributed by atoms with van der Waals surface area (Å²) in [4.78, 5) is 0.284. The summed E-state index contributed by atoms with van der Waals surface area (Å²) < 4.78 is 40.2. The summed E-state index contributed by atoms with van der Waals surface area (Å²) >= 11 is 0. The quantitative estimate of drug-likeness (QED) is 0.506. The molecule has 0 saturated heterocycles. The van der Waals surface area contributed by atoms with Gasteiger partial charge >= 0.3 is 0 Å². The van der Waals surface area contributed by atoms with Crippen LogP contribution in [0, 0.1) is 5.82 Å². The molecule has 7 nitrogen and oxygen atoms in total. The van der Waals surface area contributed by atoms with Gasteiger partial charge in [-0.1, -0.05) is 30.3 Å². The van der Waals surface area contributed by atoms with Crippen LogP contribution in [0.1, 0.15) is 11.7 Å². The van der Waals surface area contributed by atoms with Crippen molar-refractivity contribution in [2.75, 3.05) is 11.9 Å². The first-order chi connectivity index (χ1) is 13.9. The average molecular weight is 412 g/mol. The van der Waals surface area contributed by atoms with E-state index in [0.717, 1.165) is 0 Å². The molecule has 0 aliphatic rings. The number of halogens is 1. The number of pyridine rings is 1. The van der Waals surface area contributed by atoms with E-state index in [4.69, 9.17) is 0 Å². The van der Waals surface area contributed by atoms with E-state index in [1.807, 2.05) is 0 Å². The van der Waals surface area contributed by atoms with Crippen molar-refractivity contribution in [1.29, 1.82) is 0 Å². The molecule has 2 heterocycles. The van der Waals surface area contributed by atoms with Crippen molar-refractivity contribution < 1.29 is 17.9 Å². The number of rotatable bonds is 6. The molecule has 1 unspecified atom stereocenters. The lowest BCUT2D eigenvalue weighted by atomic mass is 10.1. The Morgan fingerprint density at radius 1 is 0.966 bits per heavy atom. The van der Waals surface area contributed by atoms with Gasteiger partial charge < -0.3 is 10.4 Å². The minimum atomic E-state index is -3.69. The number of hydrogen-bond acceptors (Lipinski definition) is 6. The third kappa shape index (κ3) is 3.82. The third-order valence-electron chi connectivity index (χ3n) is 4.45. The predicted molar refractivity (Wildman–Crippen MR) is 105 cm³/mol. The SMILES string of the molecule is O=S(=O)(c1ccccc1)c1ccc2nnc(NCC(O)c3ccc(F)cc3)n2c1. The molecule has 29 heavy (non-hydrogen) atoms. The van der Waals surface area contributed by atoms with Crippen molar-refractivity contribution in [3.05, 3.63) is 84.3 Å². The molecule has 0 aliphatic carbocycles. The summed E-state index contributed by atoms with van der Waals surface area (Å²) in [6, 6.07) is 16.7. The van der Waals surface area contributed by atoms with E-state index in [1.165, 1.54) is 53.1 Å². The molecule has 2 aromatic carbocycles. The van der Waals surface area contributed by atoms with Crippen LogP contribution in [0.2, 0.25) is 0 Å². The first kappa shape index (κ1) is 19.0. The summed E-state index contributed by atoms with van der Waals surface area (Å²) in [6.07, 6.45) is 0.531. The number of hydrogen-bond donors (Lipinski definition) is 2. The number of aromatic nitrogens is 3. The molecule has 0 radical (unpaired) electrons. The van der Waals surface area contributed by atoms with Crippen LogP contribution in [0.15, 0.2) is 82.7 Å². The lowest BCUT2D eigenvalue weighted by Gasteiger charge is -2.12. The molecule has 9 heteroatoms. The third-order valence-corrected chi connectivity index (χ3v) is 6.20. The van der Waals surface area contributed by atoms with Gasteiger partial charge in [-0.3, -0.25) is 4.40 Å². The fourth-order valence-electron chi connectivity index (χ4n) is 2.88. The largest absolute Gasteiger partial charge is 0.387 e. The fourth-order valence-corrected chi connectivity index (χ4v) is 4.16. The average Bonchev–Trinajstić information content (AvgIpc) is 3.15. The van der Waals surface area contributed by atoms with E-state index in [0.29, 0.717) is 11.2 Å². The zero-order valence-corrected chi connectivity index (χ0v) is 15.9. The minimum Gasteiger partial charge on any atom is -0.387 e. The van der Waals surface area contributed by atoms with Crippen molar-refractivity contribution in [2.45, 2.75) is 15.9 Å². The highest BCUT2D eigenvalue weighted by molar-refractivity contribution is 7.91. The van der Waals surface area contributed by atoms with Gasteiger partial charge in [-0.05, 0) is 42.0 Å². The topological polar surface area (TPSA) is 96.6 Å². The van der Waals surface area contributed by atoms with Gasteiger partial charge in [0.2, 0.25) is 15.8 Å². The van der Waals surface area contributed by atoms with Crippen LogP contribution in [0.5, 0.6) is 0 Å². The van der Waals surface area contributed by atoms with Gasteiger partial charge in [0, 0.05) is 12.7 Å². The lowest BCUT2D eigenvalue weighted by Crippen LogP contribution is -2.14. The van der Waals surface area contributed by atoms with Crippen LogP contribution < -0.4 is 5.32 Å². The van der Waals surface area contributed by atoms with E-state index in [2.05, 4.69) is 15.5 Å². The highest BCUT2D eigenvalue weighted by atomic mass is 32.2. The van der Waals surface area contributed by atoms with Gasteiger partial charge in [-0.25, -0.2) is 12.8 Å². The number of anilines is 1. The normalized spacial score (nSPS) is 12.8. The Kier molecular flexibility index (Phi) is 4.99. The van der Waals surface area contributed by atoms with E-state index in [-0.39, 0.29) is 28.1 Å². The standard InChI is InChI=1S/C20H17FN4O3S/c21-15-8-6-14(7-9-15)18(26)12-22-20-24-23-19-11-10-17(13-25(19)20)29(27,28)16-4-2-1-3-5-16/h1-11,13,18,26H,12H2,(H,22,24). The van der Waals surface area contributed by atoms with Crippen LogP contribution in [0.3, 0.4) is 0 Å². The van der Waals surface area contributed by atoms with Crippen molar-refractivity contribution in [1.82, 2.24) is 14.6 Å². The summed E-state index contributed by atoms with van der Waals surface area (Å²) in [7, 11) is -3.69. The van der Waals surface area contributed by atoms with Crippen molar-refractivity contribution in [3.63, 3.8) is 0 Å². The molecule has 2 N–H and O–H groups in total. The van der Waals surface area contributed by atoms with Crippen LogP contribution in [-0.4, -0.2) is 34.7 Å². The highest BCUT2D eigenvalue weighted by Crippen LogP contribution is 2.22. The smallest absolute Gasteiger partial charge is 0.229 e. The van der Waals surface area contributed by atoms with Crippen LogP contribution in [-0.2, 0) is 9.84 Å². The molecule has 0 spiro atoms. The first-order valence-corrected chi connectivity index (χ1v) is 10.3. The Morgan fingerprint density at radius 2 is 1.69 bits per heavy atom. The number of aliphatic hydroxyl groups excluding tert-OH is 1. The second-order valence-corrected chi connectivity index (χ2v) is 8.33. The highest BCUT2D eigenvalue weighted by Gasteiger charge is 2.19. The van der Waals surface area contributed by atoms with Crippen molar-refractivity contribution in [2.24, 2.45) is 0 Å². The van der Waals surface area contributed by atoms with E-state index < -0.39 is 15.9 Å². The number of nitrogens with zero attached hydrogens (tertiary/aromatic N) is 3. The number of benzene rings is 2. The molecule has 2 aromatic heterocycles. The van der Waals surface area contributed by atoms with Gasteiger partial charge in [0.25, 0.3) is 0 Å². The van der Waals surface area contributed by atoms with Crippen LogP contribution in [0.25, 0.3) is 5.65 Å². The second kappa shape index (κ2) is 7.61. The Hall–Kier alpha value is -3.30. The van der Waals surface area contributed by atoms with Gasteiger partial charge in [0.15, 0.2) is 5.65 Å². The molecular formula is C20H17FN4O3S. The van der Waals surface area contributed by atoms with Crippen LogP contribution >= 0.6 is 0 Å². The van der Waals surface area contributed by atoms with E-state index >= 15 is 0 Å². The molecule has 0 fully saturated rings. The summed E-state index contributed by atoms with van der Waals surface area (Å²) in [5, 5.41) is 21.2. The zero-order chi connectivity index (χ0) is 20.4. The number of fused-ring (bicyclic) bond motifs is 1. The molecule has 1 atom stereocenters. The van der Waals surface area contributed by atoms with Gasteiger partial charge in [0.05, 0.1) is 15.9 Å². The number of aliphatic hydroxyl groups is 1. The molecular weight excluding hydrogens is 395 g/mol. The van der Waals surface area contributed by atoms with Gasteiger partial charge in [-0.15, -0.1) is 10.2 Å². The molecule has 0 bridgehead atoms. The minimum absolute atomic E-state index is 0.0854. The molecule has 0 saturated carbocycles. The maximum Gasteiger partial charge on any atom is 0.229 e. The molecule has 0 aliphatic heterocycles. The summed E-state index contributed by atoms with van der Waals surface area (Å²) in [5.74, 6) is -0.101. The number of nitrogens with one attached hydrogen (secondary N) is 1. The zero-order valence-electron chi connectivity index (χ0n) is 15.1. The predicted octanol–water partition coefficient (Wildman–Crippen LogP) is 2.85. The second-order valence-electron chi connectivity index (χ2n) is 6.38. The Bertz CT molecular complexity index is 1240. The first-order valence-electron chi connectivity index (χ1n) is 8.77. The fraction of sp³-hybridized carbons (Fsp3) is 0.100. The Morgan fingerprint density at radius 3 is 2.41 bits per heavy atom.